The van der Waals surface area contributed by atoms with Crippen LogP contribution in [0.15, 0.2) is 40.2 Å². The Hall–Kier alpha value is -1.90. The van der Waals surface area contributed by atoms with Crippen molar-refractivity contribution < 1.29 is 0 Å². The molecular weight excluding hydrogens is 176 g/mol. The molecule has 2 aliphatic heterocycles. The molecule has 0 saturated carbocycles. The predicted octanol–water partition coefficient (Wildman–Crippen LogP) is 1.67. The SMILES string of the molecule is O=c1ccc2cn3c(cc-2c1)N=CC3. The number of nitrogens with zero attached hydrogens (tertiary/aromatic N) is 2. The molecule has 68 valence electrons. The van der Waals surface area contributed by atoms with E-state index < -0.39 is 0 Å². The Balaban J connectivity index is 2.38. The van der Waals surface area contributed by atoms with Gasteiger partial charge in [-0.15, -0.1) is 0 Å². The molecule has 0 radical (unpaired) electrons. The van der Waals surface area contributed by atoms with Crippen LogP contribution < -0.4 is 5.43 Å². The van der Waals surface area contributed by atoms with Crippen molar-refractivity contribution in [1.29, 1.82) is 0 Å². The van der Waals surface area contributed by atoms with Crippen molar-refractivity contribution in [3.05, 3.63) is 40.7 Å². The summed E-state index contributed by atoms with van der Waals surface area (Å²) in [7, 11) is 0. The van der Waals surface area contributed by atoms with E-state index in [1.54, 1.807) is 12.1 Å². The minimum Gasteiger partial charge on any atom is -0.327 e. The summed E-state index contributed by atoms with van der Waals surface area (Å²) in [5, 5.41) is 0. The van der Waals surface area contributed by atoms with Crippen molar-refractivity contribution in [2.24, 2.45) is 4.99 Å². The third kappa shape index (κ3) is 0.988. The Kier molecular flexibility index (Phi) is 1.36. The molecule has 0 atom stereocenters. The lowest BCUT2D eigenvalue weighted by atomic mass is 10.1. The van der Waals surface area contributed by atoms with E-state index in [0.717, 1.165) is 23.5 Å². The fraction of sp³-hybridized carbons (Fsp3) is 0.0909. The van der Waals surface area contributed by atoms with Gasteiger partial charge in [0.25, 0.3) is 0 Å². The first-order valence-corrected chi connectivity index (χ1v) is 4.50. The molecule has 0 aromatic heterocycles. The molecule has 3 rings (SSSR count). The smallest absolute Gasteiger partial charge is 0.179 e. The summed E-state index contributed by atoms with van der Waals surface area (Å²) < 4.78 is 2.06. The van der Waals surface area contributed by atoms with Crippen LogP contribution in [0.5, 0.6) is 0 Å². The number of benzene rings is 1. The molecule has 0 aromatic rings. The third-order valence-electron chi connectivity index (χ3n) is 2.43. The van der Waals surface area contributed by atoms with Crippen molar-refractivity contribution in [3.63, 3.8) is 0 Å². The normalized spacial score (nSPS) is 13.4. The number of aliphatic imine (C=N–C) groups is 1. The maximum Gasteiger partial charge on any atom is 0.179 e. The Labute approximate surface area is 80.7 Å². The molecule has 0 bridgehead atoms. The molecule has 3 aliphatic rings. The van der Waals surface area contributed by atoms with E-state index in [4.69, 9.17) is 0 Å². The molecule has 1 aliphatic carbocycles. The van der Waals surface area contributed by atoms with E-state index in [0.29, 0.717) is 0 Å². The zero-order valence-corrected chi connectivity index (χ0v) is 7.47. The Morgan fingerprint density at radius 3 is 3.07 bits per heavy atom. The molecule has 2 heterocycles. The van der Waals surface area contributed by atoms with Crippen LogP contribution in [0.25, 0.3) is 11.1 Å². The van der Waals surface area contributed by atoms with Crippen LogP contribution in [0.1, 0.15) is 0 Å². The second-order valence-electron chi connectivity index (χ2n) is 3.39. The molecule has 3 heteroatoms. The number of hydrogen-bond acceptors (Lipinski definition) is 2. The molecule has 0 fully saturated rings. The number of fused-ring (bicyclic) bond motifs is 2. The maximum atomic E-state index is 11.1. The second-order valence-corrected chi connectivity index (χ2v) is 3.39. The lowest BCUT2D eigenvalue weighted by Crippen LogP contribution is -2.01. The van der Waals surface area contributed by atoms with E-state index in [2.05, 4.69) is 9.56 Å². The van der Waals surface area contributed by atoms with E-state index in [1.165, 1.54) is 0 Å². The average Bonchev–Trinajstić information content (AvgIpc) is 2.61. The summed E-state index contributed by atoms with van der Waals surface area (Å²) in [5.74, 6) is 0.920. The van der Waals surface area contributed by atoms with Gasteiger partial charge in [0.1, 0.15) is 5.82 Å². The summed E-state index contributed by atoms with van der Waals surface area (Å²) in [6.07, 6.45) is 3.89. The Morgan fingerprint density at radius 1 is 1.21 bits per heavy atom. The summed E-state index contributed by atoms with van der Waals surface area (Å²) in [5.41, 5.74) is 2.09. The first-order valence-electron chi connectivity index (χ1n) is 4.50. The second kappa shape index (κ2) is 2.54. The topological polar surface area (TPSA) is 34.4 Å². The van der Waals surface area contributed by atoms with Crippen molar-refractivity contribution in [1.82, 2.24) is 4.57 Å². The van der Waals surface area contributed by atoms with Gasteiger partial charge in [0.05, 0.1) is 6.54 Å². The zero-order chi connectivity index (χ0) is 9.54. The minimum atomic E-state index is 0.0458. The van der Waals surface area contributed by atoms with Crippen LogP contribution in [-0.4, -0.2) is 10.8 Å². The van der Waals surface area contributed by atoms with Crippen molar-refractivity contribution in [2.45, 2.75) is 6.54 Å². The monoisotopic (exact) mass is 184 g/mol. The summed E-state index contributed by atoms with van der Waals surface area (Å²) in [4.78, 5) is 15.4. The van der Waals surface area contributed by atoms with Crippen LogP contribution in [0.4, 0.5) is 5.82 Å². The molecule has 0 N–H and O–H groups in total. The summed E-state index contributed by atoms with van der Waals surface area (Å²) >= 11 is 0. The molecule has 0 unspecified atom stereocenters. The fourth-order valence-electron chi connectivity index (χ4n) is 1.73. The highest BCUT2D eigenvalue weighted by atomic mass is 16.1. The largest absolute Gasteiger partial charge is 0.327 e. The number of hydrogen-bond donors (Lipinski definition) is 0. The predicted molar refractivity (Wildman–Crippen MR) is 55.5 cm³/mol. The van der Waals surface area contributed by atoms with Gasteiger partial charge in [0, 0.05) is 12.4 Å². The van der Waals surface area contributed by atoms with Gasteiger partial charge in [-0.3, -0.25) is 4.79 Å². The first-order chi connectivity index (χ1) is 6.83. The standard InChI is InChI=1S/C11H8N2O/c14-10-2-1-8-7-13-4-3-12-11(13)6-9(8)5-10/h1-3,5-7H,4H2. The summed E-state index contributed by atoms with van der Waals surface area (Å²) in [6, 6.07) is 7.03. The highest BCUT2D eigenvalue weighted by Gasteiger charge is 2.09. The molecular formula is C11H8N2O. The number of rotatable bonds is 0. The number of aromatic nitrogens is 1. The van der Waals surface area contributed by atoms with Gasteiger partial charge in [-0.1, -0.05) is 0 Å². The zero-order valence-electron chi connectivity index (χ0n) is 7.47. The molecule has 0 aromatic carbocycles. The first kappa shape index (κ1) is 7.50. The van der Waals surface area contributed by atoms with Crippen LogP contribution in [0.3, 0.4) is 0 Å². The van der Waals surface area contributed by atoms with Gasteiger partial charge in [0.2, 0.25) is 0 Å². The van der Waals surface area contributed by atoms with Gasteiger partial charge in [0.15, 0.2) is 5.43 Å². The van der Waals surface area contributed by atoms with Gasteiger partial charge in [-0.05, 0) is 35.4 Å². The minimum absolute atomic E-state index is 0.0458. The quantitative estimate of drug-likeness (QED) is 0.613. The highest BCUT2D eigenvalue weighted by molar-refractivity contribution is 5.73. The van der Waals surface area contributed by atoms with Crippen molar-refractivity contribution in [3.8, 4) is 11.1 Å². The Bertz CT molecular complexity index is 554. The average molecular weight is 184 g/mol. The van der Waals surface area contributed by atoms with E-state index in [9.17, 15) is 4.79 Å². The van der Waals surface area contributed by atoms with Crippen molar-refractivity contribution >= 4 is 12.0 Å². The van der Waals surface area contributed by atoms with Crippen LogP contribution >= 0.6 is 0 Å². The van der Waals surface area contributed by atoms with Crippen LogP contribution in [-0.2, 0) is 6.54 Å². The third-order valence-corrected chi connectivity index (χ3v) is 2.43. The van der Waals surface area contributed by atoms with Gasteiger partial charge in [-0.25, -0.2) is 4.99 Å². The molecule has 14 heavy (non-hydrogen) atoms. The van der Waals surface area contributed by atoms with Gasteiger partial charge < -0.3 is 4.57 Å². The maximum absolute atomic E-state index is 11.1. The van der Waals surface area contributed by atoms with Gasteiger partial charge >= 0.3 is 0 Å². The molecule has 0 spiro atoms. The van der Waals surface area contributed by atoms with Crippen molar-refractivity contribution in [2.75, 3.05) is 0 Å². The lowest BCUT2D eigenvalue weighted by molar-refractivity contribution is 0.891. The fourth-order valence-corrected chi connectivity index (χ4v) is 1.73. The van der Waals surface area contributed by atoms with Crippen LogP contribution in [0.2, 0.25) is 0 Å². The van der Waals surface area contributed by atoms with E-state index in [1.807, 2.05) is 24.5 Å². The van der Waals surface area contributed by atoms with Gasteiger partial charge in [-0.2, -0.15) is 0 Å². The molecule has 0 saturated heterocycles. The molecule has 0 amide bonds. The molecule has 3 nitrogen and oxygen atoms in total. The van der Waals surface area contributed by atoms with E-state index >= 15 is 0 Å². The Morgan fingerprint density at radius 2 is 2.14 bits per heavy atom. The summed E-state index contributed by atoms with van der Waals surface area (Å²) in [6.45, 7) is 0.824. The lowest BCUT2D eigenvalue weighted by Gasteiger charge is -2.08. The van der Waals surface area contributed by atoms with E-state index in [-0.39, 0.29) is 5.43 Å². The van der Waals surface area contributed by atoms with Crippen LogP contribution in [0, 0.1) is 0 Å². The number of pyridine rings is 1. The highest BCUT2D eigenvalue weighted by Crippen LogP contribution is 2.27.